The first kappa shape index (κ1) is 7.54. The number of fused-ring (bicyclic) bond motifs is 1. The van der Waals surface area contributed by atoms with Gasteiger partial charge in [-0.15, -0.1) is 5.10 Å². The highest BCUT2D eigenvalue weighted by Crippen LogP contribution is 2.14. The van der Waals surface area contributed by atoms with Gasteiger partial charge in [-0.25, -0.2) is 4.98 Å². The van der Waals surface area contributed by atoms with E-state index in [2.05, 4.69) is 15.2 Å². The van der Waals surface area contributed by atoms with Crippen LogP contribution in [0.4, 0.5) is 0 Å². The van der Waals surface area contributed by atoms with Crippen LogP contribution in [-0.4, -0.2) is 25.8 Å². The average Bonchev–Trinajstić information content (AvgIpc) is 2.48. The number of hydrogen-bond acceptors (Lipinski definition) is 4. The highest BCUT2D eigenvalue weighted by Gasteiger charge is 2.03. The molecule has 0 aliphatic rings. The molecule has 0 aromatic carbocycles. The summed E-state index contributed by atoms with van der Waals surface area (Å²) in [4.78, 5) is 4.17. The molecule has 62 valence electrons. The van der Waals surface area contributed by atoms with Gasteiger partial charge in [0.2, 0.25) is 0 Å². The third kappa shape index (κ3) is 0.972. The molecule has 0 amide bonds. The van der Waals surface area contributed by atoms with Gasteiger partial charge in [0.25, 0.3) is 0 Å². The molecule has 2 heterocycles. The fourth-order valence-corrected chi connectivity index (χ4v) is 1.66. The minimum atomic E-state index is 0.877. The van der Waals surface area contributed by atoms with Gasteiger partial charge in [0.1, 0.15) is 5.82 Å². The molecule has 0 saturated carbocycles. The zero-order chi connectivity index (χ0) is 8.55. The van der Waals surface area contributed by atoms with Crippen molar-refractivity contribution in [2.75, 3.05) is 6.26 Å². The number of imidazole rings is 1. The van der Waals surface area contributed by atoms with Crippen molar-refractivity contribution in [3.05, 3.63) is 18.2 Å². The maximum Gasteiger partial charge on any atom is 0.195 e. The summed E-state index contributed by atoms with van der Waals surface area (Å²) in [5.41, 5.74) is 0.992. The normalized spacial score (nSPS) is 10.8. The van der Waals surface area contributed by atoms with Crippen LogP contribution in [0.15, 0.2) is 17.6 Å². The van der Waals surface area contributed by atoms with Gasteiger partial charge in [0.05, 0.1) is 17.9 Å². The molecule has 0 spiro atoms. The second-order valence-corrected chi connectivity index (χ2v) is 3.17. The van der Waals surface area contributed by atoms with Crippen molar-refractivity contribution in [1.82, 2.24) is 19.6 Å². The predicted molar refractivity (Wildman–Crippen MR) is 47.3 cm³/mol. The van der Waals surface area contributed by atoms with Crippen molar-refractivity contribution in [2.24, 2.45) is 0 Å². The molecule has 0 bridgehead atoms. The Bertz CT molecular complexity index is 409. The minimum absolute atomic E-state index is 0.877. The van der Waals surface area contributed by atoms with Gasteiger partial charge in [-0.05, 0) is 13.2 Å². The molecule has 0 radical (unpaired) electrons. The van der Waals surface area contributed by atoms with Crippen molar-refractivity contribution in [3.8, 4) is 0 Å². The lowest BCUT2D eigenvalue weighted by Gasteiger charge is -1.99. The van der Waals surface area contributed by atoms with Gasteiger partial charge in [-0.1, -0.05) is 11.8 Å². The Morgan fingerprint density at radius 1 is 1.42 bits per heavy atom. The van der Waals surface area contributed by atoms with Crippen LogP contribution in [0.2, 0.25) is 0 Å². The summed E-state index contributed by atoms with van der Waals surface area (Å²) in [6.45, 7) is 1.95. The summed E-state index contributed by atoms with van der Waals surface area (Å²) >= 11 is 1.57. The topological polar surface area (TPSA) is 43.1 Å². The number of rotatable bonds is 1. The molecule has 2 aromatic rings. The molecule has 0 N–H and O–H groups in total. The first-order chi connectivity index (χ1) is 5.83. The molecular formula is C7H8N4S. The van der Waals surface area contributed by atoms with E-state index in [0.717, 1.165) is 16.5 Å². The van der Waals surface area contributed by atoms with Crippen LogP contribution in [0.1, 0.15) is 5.82 Å². The van der Waals surface area contributed by atoms with Gasteiger partial charge >= 0.3 is 0 Å². The summed E-state index contributed by atoms with van der Waals surface area (Å²) in [5, 5.41) is 8.74. The fourth-order valence-electron chi connectivity index (χ4n) is 1.12. The van der Waals surface area contributed by atoms with E-state index in [0.29, 0.717) is 0 Å². The molecule has 2 aromatic heterocycles. The first-order valence-corrected chi connectivity index (χ1v) is 4.75. The van der Waals surface area contributed by atoms with E-state index in [-0.39, 0.29) is 0 Å². The van der Waals surface area contributed by atoms with Crippen LogP contribution >= 0.6 is 11.8 Å². The molecular weight excluding hydrogens is 172 g/mol. The zero-order valence-corrected chi connectivity index (χ0v) is 7.67. The Morgan fingerprint density at radius 3 is 3.00 bits per heavy atom. The summed E-state index contributed by atoms with van der Waals surface area (Å²) in [7, 11) is 0. The summed E-state index contributed by atoms with van der Waals surface area (Å²) in [5.74, 6) is 0.948. The lowest BCUT2D eigenvalue weighted by molar-refractivity contribution is 0.787. The molecule has 4 nitrogen and oxygen atoms in total. The van der Waals surface area contributed by atoms with Crippen LogP contribution in [0, 0.1) is 6.92 Å². The molecule has 0 fully saturated rings. The lowest BCUT2D eigenvalue weighted by Crippen LogP contribution is -1.97. The molecule has 12 heavy (non-hydrogen) atoms. The van der Waals surface area contributed by atoms with Crippen molar-refractivity contribution in [3.63, 3.8) is 0 Å². The molecule has 0 atom stereocenters. The fraction of sp³-hybridized carbons (Fsp3) is 0.286. The Balaban J connectivity index is 2.84. The third-order valence-electron chi connectivity index (χ3n) is 1.67. The molecule has 0 unspecified atom stereocenters. The Hall–Kier alpha value is -1.10. The van der Waals surface area contributed by atoms with Crippen LogP contribution in [-0.2, 0) is 0 Å². The van der Waals surface area contributed by atoms with Gasteiger partial charge in [-0.3, -0.25) is 4.40 Å². The molecule has 0 aliphatic heterocycles. The highest BCUT2D eigenvalue weighted by atomic mass is 32.2. The minimum Gasteiger partial charge on any atom is -0.273 e. The Labute approximate surface area is 74.0 Å². The molecule has 0 saturated heterocycles. The lowest BCUT2D eigenvalue weighted by atomic mass is 10.6. The monoisotopic (exact) mass is 180 g/mol. The van der Waals surface area contributed by atoms with Crippen LogP contribution in [0.25, 0.3) is 5.52 Å². The first-order valence-electron chi connectivity index (χ1n) is 3.52. The maximum atomic E-state index is 4.17. The quantitative estimate of drug-likeness (QED) is 0.617. The van der Waals surface area contributed by atoms with E-state index >= 15 is 0 Å². The smallest absolute Gasteiger partial charge is 0.195 e. The van der Waals surface area contributed by atoms with E-state index in [9.17, 15) is 0 Å². The van der Waals surface area contributed by atoms with Crippen molar-refractivity contribution in [1.29, 1.82) is 0 Å². The van der Waals surface area contributed by atoms with Crippen LogP contribution in [0.5, 0.6) is 0 Å². The molecule has 0 aliphatic carbocycles. The maximum absolute atomic E-state index is 4.17. The van der Waals surface area contributed by atoms with Gasteiger partial charge in [-0.2, -0.15) is 5.10 Å². The van der Waals surface area contributed by atoms with E-state index in [1.807, 2.05) is 17.6 Å². The zero-order valence-electron chi connectivity index (χ0n) is 6.85. The standard InChI is InChI=1S/C7H8N4S/c1-5-8-3-6-4-9-10-7(12-2)11(5)6/h3-4H,1-2H3. The summed E-state index contributed by atoms with van der Waals surface area (Å²) in [6, 6.07) is 0. The largest absolute Gasteiger partial charge is 0.273 e. The van der Waals surface area contributed by atoms with Crippen molar-refractivity contribution in [2.45, 2.75) is 12.1 Å². The number of thioether (sulfide) groups is 1. The van der Waals surface area contributed by atoms with E-state index < -0.39 is 0 Å². The summed E-state index contributed by atoms with van der Waals surface area (Å²) < 4.78 is 1.98. The van der Waals surface area contributed by atoms with Gasteiger partial charge in [0.15, 0.2) is 5.16 Å². The molecule has 5 heteroatoms. The predicted octanol–water partition coefficient (Wildman–Crippen LogP) is 1.15. The Kier molecular flexibility index (Phi) is 1.73. The third-order valence-corrected chi connectivity index (χ3v) is 2.30. The van der Waals surface area contributed by atoms with E-state index in [4.69, 9.17) is 0 Å². The number of aromatic nitrogens is 4. The number of nitrogens with zero attached hydrogens (tertiary/aromatic N) is 4. The highest BCUT2D eigenvalue weighted by molar-refractivity contribution is 7.98. The van der Waals surface area contributed by atoms with Crippen molar-refractivity contribution < 1.29 is 0 Å². The van der Waals surface area contributed by atoms with Crippen molar-refractivity contribution >= 4 is 17.3 Å². The van der Waals surface area contributed by atoms with Crippen LogP contribution in [0.3, 0.4) is 0 Å². The summed E-state index contributed by atoms with van der Waals surface area (Å²) in [6.07, 6.45) is 5.48. The molecule has 2 rings (SSSR count). The van der Waals surface area contributed by atoms with Gasteiger partial charge in [0, 0.05) is 0 Å². The SMILES string of the molecule is CSc1nncc2cnc(C)n12. The van der Waals surface area contributed by atoms with Crippen LogP contribution < -0.4 is 0 Å². The number of aryl methyl sites for hydroxylation is 1. The van der Waals surface area contributed by atoms with E-state index in [1.54, 1.807) is 24.2 Å². The average molecular weight is 180 g/mol. The Morgan fingerprint density at radius 2 is 2.25 bits per heavy atom. The second kappa shape index (κ2) is 2.75. The number of hydrogen-bond donors (Lipinski definition) is 0. The van der Waals surface area contributed by atoms with E-state index in [1.165, 1.54) is 0 Å². The second-order valence-electron chi connectivity index (χ2n) is 2.40. The van der Waals surface area contributed by atoms with Gasteiger partial charge < -0.3 is 0 Å².